The number of nitrogens with zero attached hydrogens (tertiary/aromatic N) is 3. The van der Waals surface area contributed by atoms with Gasteiger partial charge in [0.1, 0.15) is 17.3 Å². The number of carbonyl (C=O) groups is 1. The van der Waals surface area contributed by atoms with Gasteiger partial charge >= 0.3 is 6.18 Å². The molecule has 2 aromatic heterocycles. The summed E-state index contributed by atoms with van der Waals surface area (Å²) in [6, 6.07) is 5.23. The fourth-order valence-corrected chi connectivity index (χ4v) is 3.07. The molecule has 0 aliphatic carbocycles. The lowest BCUT2D eigenvalue weighted by molar-refractivity contribution is -0.138. The van der Waals surface area contributed by atoms with Crippen LogP contribution >= 0.6 is 0 Å². The summed E-state index contributed by atoms with van der Waals surface area (Å²) in [6.45, 7) is 3.93. The average molecular weight is 379 g/mol. The Kier molecular flexibility index (Phi) is 5.31. The highest BCUT2D eigenvalue weighted by molar-refractivity contribution is 6.11. The molecule has 0 spiro atoms. The van der Waals surface area contributed by atoms with Gasteiger partial charge in [-0.25, -0.2) is 9.97 Å². The van der Waals surface area contributed by atoms with Crippen molar-refractivity contribution in [1.82, 2.24) is 15.3 Å². The minimum Gasteiger partial charge on any atom is -0.383 e. The van der Waals surface area contributed by atoms with Crippen LogP contribution < -0.4 is 16.0 Å². The quantitative estimate of drug-likeness (QED) is 0.794. The van der Waals surface area contributed by atoms with Crippen LogP contribution in [0.2, 0.25) is 0 Å². The highest BCUT2D eigenvalue weighted by Crippen LogP contribution is 2.34. The predicted molar refractivity (Wildman–Crippen MR) is 95.6 cm³/mol. The molecule has 0 amide bonds. The van der Waals surface area contributed by atoms with E-state index in [0.29, 0.717) is 25.5 Å². The summed E-state index contributed by atoms with van der Waals surface area (Å²) < 4.78 is 40.4. The average Bonchev–Trinajstić information content (AvgIpc) is 2.66. The fraction of sp³-hybridized carbons (Fsp3) is 0.389. The summed E-state index contributed by atoms with van der Waals surface area (Å²) in [5, 5.41) is 3.33. The predicted octanol–water partition coefficient (Wildman–Crippen LogP) is 2.50. The van der Waals surface area contributed by atoms with Crippen LogP contribution in [0.15, 0.2) is 30.5 Å². The number of rotatable bonds is 4. The van der Waals surface area contributed by atoms with E-state index in [9.17, 15) is 18.0 Å². The maximum Gasteiger partial charge on any atom is 0.418 e. The van der Waals surface area contributed by atoms with Gasteiger partial charge in [-0.3, -0.25) is 4.79 Å². The van der Waals surface area contributed by atoms with Crippen LogP contribution in [0.5, 0.6) is 0 Å². The standard InChI is InChI=1S/C18H20F3N5O/c1-2-11-10-26(9-8-23-11)14-6-5-13(18(19,20)21)15(25-14)16(27)12-4-3-7-24-17(12)22/h3-7,11,23H,2,8-10H2,1H3,(H2,22,24). The molecule has 0 saturated carbocycles. The summed E-state index contributed by atoms with van der Waals surface area (Å²) in [6.07, 6.45) is -2.45. The topological polar surface area (TPSA) is 84.1 Å². The first-order valence-corrected chi connectivity index (χ1v) is 8.63. The number of hydrogen-bond donors (Lipinski definition) is 2. The van der Waals surface area contributed by atoms with Crippen LogP contribution in [0.25, 0.3) is 0 Å². The molecule has 1 atom stereocenters. The Labute approximate surface area is 154 Å². The number of hydrogen-bond acceptors (Lipinski definition) is 6. The maximum absolute atomic E-state index is 13.5. The summed E-state index contributed by atoms with van der Waals surface area (Å²) in [4.78, 5) is 22.5. The Balaban J connectivity index is 2.04. The molecule has 1 aliphatic heterocycles. The van der Waals surface area contributed by atoms with Crippen molar-refractivity contribution < 1.29 is 18.0 Å². The van der Waals surface area contributed by atoms with E-state index in [0.717, 1.165) is 12.5 Å². The van der Waals surface area contributed by atoms with E-state index >= 15 is 0 Å². The zero-order valence-corrected chi connectivity index (χ0v) is 14.8. The molecule has 3 N–H and O–H groups in total. The summed E-state index contributed by atoms with van der Waals surface area (Å²) in [5.41, 5.74) is 3.83. The van der Waals surface area contributed by atoms with Crippen LogP contribution in [0.1, 0.15) is 35.0 Å². The highest BCUT2D eigenvalue weighted by Gasteiger charge is 2.37. The fourth-order valence-electron chi connectivity index (χ4n) is 3.07. The molecule has 144 valence electrons. The van der Waals surface area contributed by atoms with Crippen LogP contribution in [-0.2, 0) is 6.18 Å². The van der Waals surface area contributed by atoms with Gasteiger partial charge in [0.2, 0.25) is 5.78 Å². The Morgan fingerprint density at radius 2 is 2.15 bits per heavy atom. The van der Waals surface area contributed by atoms with Crippen LogP contribution in [0.4, 0.5) is 24.8 Å². The minimum atomic E-state index is -4.71. The van der Waals surface area contributed by atoms with Crippen molar-refractivity contribution in [3.8, 4) is 0 Å². The number of halogens is 3. The van der Waals surface area contributed by atoms with E-state index in [1.807, 2.05) is 11.8 Å². The van der Waals surface area contributed by atoms with E-state index < -0.39 is 23.2 Å². The van der Waals surface area contributed by atoms with E-state index in [2.05, 4.69) is 15.3 Å². The van der Waals surface area contributed by atoms with Gasteiger partial charge in [0.25, 0.3) is 0 Å². The van der Waals surface area contributed by atoms with Crippen molar-refractivity contribution in [2.24, 2.45) is 0 Å². The molecule has 1 aliphatic rings. The molecule has 3 rings (SSSR count). The molecular weight excluding hydrogens is 359 g/mol. The van der Waals surface area contributed by atoms with E-state index in [-0.39, 0.29) is 17.4 Å². The molecule has 1 unspecified atom stereocenters. The van der Waals surface area contributed by atoms with E-state index in [1.54, 1.807) is 0 Å². The number of carbonyl (C=O) groups excluding carboxylic acids is 1. The number of nitrogen functional groups attached to an aromatic ring is 1. The third-order valence-electron chi connectivity index (χ3n) is 4.56. The SMILES string of the molecule is CCC1CN(c2ccc(C(F)(F)F)c(C(=O)c3cccnc3N)n2)CCN1. The van der Waals surface area contributed by atoms with Gasteiger partial charge in [-0.15, -0.1) is 0 Å². The number of anilines is 2. The number of nitrogens with two attached hydrogens (primary N) is 1. The molecule has 0 bridgehead atoms. The number of aromatic nitrogens is 2. The third-order valence-corrected chi connectivity index (χ3v) is 4.56. The molecule has 9 heteroatoms. The zero-order valence-electron chi connectivity index (χ0n) is 14.8. The van der Waals surface area contributed by atoms with Gasteiger partial charge in [0, 0.05) is 31.9 Å². The molecular formula is C18H20F3N5O. The lowest BCUT2D eigenvalue weighted by Gasteiger charge is -2.34. The van der Waals surface area contributed by atoms with Gasteiger partial charge < -0.3 is 16.0 Å². The molecule has 1 saturated heterocycles. The number of nitrogens with one attached hydrogen (secondary N) is 1. The lowest BCUT2D eigenvalue weighted by atomic mass is 10.0. The van der Waals surface area contributed by atoms with Gasteiger partial charge in [-0.2, -0.15) is 13.2 Å². The van der Waals surface area contributed by atoms with Crippen LogP contribution in [0, 0.1) is 0 Å². The first-order chi connectivity index (χ1) is 12.8. The number of pyridine rings is 2. The third kappa shape index (κ3) is 4.02. The zero-order chi connectivity index (χ0) is 19.6. The summed E-state index contributed by atoms with van der Waals surface area (Å²) in [7, 11) is 0. The van der Waals surface area contributed by atoms with Crippen molar-refractivity contribution >= 4 is 17.4 Å². The highest BCUT2D eigenvalue weighted by atomic mass is 19.4. The summed E-state index contributed by atoms with van der Waals surface area (Å²) >= 11 is 0. The minimum absolute atomic E-state index is 0.0978. The first-order valence-electron chi connectivity index (χ1n) is 8.63. The van der Waals surface area contributed by atoms with Crippen molar-refractivity contribution in [2.75, 3.05) is 30.3 Å². The normalized spacial score (nSPS) is 17.8. The molecule has 2 aromatic rings. The van der Waals surface area contributed by atoms with E-state index in [4.69, 9.17) is 5.73 Å². The van der Waals surface area contributed by atoms with E-state index in [1.165, 1.54) is 24.4 Å². The Hall–Kier alpha value is -2.68. The second-order valence-corrected chi connectivity index (χ2v) is 6.33. The molecule has 3 heterocycles. The molecule has 0 aromatic carbocycles. The summed E-state index contributed by atoms with van der Waals surface area (Å²) in [5.74, 6) is -0.679. The smallest absolute Gasteiger partial charge is 0.383 e. The monoisotopic (exact) mass is 379 g/mol. The van der Waals surface area contributed by atoms with Gasteiger partial charge in [0.05, 0.1) is 11.1 Å². The van der Waals surface area contributed by atoms with Gasteiger partial charge in [-0.05, 0) is 30.7 Å². The maximum atomic E-state index is 13.5. The second-order valence-electron chi connectivity index (χ2n) is 6.33. The van der Waals surface area contributed by atoms with Crippen molar-refractivity contribution in [2.45, 2.75) is 25.6 Å². The molecule has 27 heavy (non-hydrogen) atoms. The molecule has 1 fully saturated rings. The molecule has 0 radical (unpaired) electrons. The Morgan fingerprint density at radius 1 is 1.37 bits per heavy atom. The largest absolute Gasteiger partial charge is 0.418 e. The first kappa shape index (κ1) is 19.1. The number of alkyl halides is 3. The van der Waals surface area contributed by atoms with Crippen molar-refractivity contribution in [3.05, 3.63) is 47.3 Å². The Bertz CT molecular complexity index is 840. The number of piperazine rings is 1. The van der Waals surface area contributed by atoms with Crippen LogP contribution in [-0.4, -0.2) is 41.4 Å². The van der Waals surface area contributed by atoms with Gasteiger partial charge in [0.15, 0.2) is 0 Å². The Morgan fingerprint density at radius 3 is 2.81 bits per heavy atom. The van der Waals surface area contributed by atoms with Crippen molar-refractivity contribution in [1.29, 1.82) is 0 Å². The van der Waals surface area contributed by atoms with Crippen molar-refractivity contribution in [3.63, 3.8) is 0 Å². The number of ketones is 1. The second kappa shape index (κ2) is 7.51. The lowest BCUT2D eigenvalue weighted by Crippen LogP contribution is -2.50. The molecule has 6 nitrogen and oxygen atoms in total. The van der Waals surface area contributed by atoms with Gasteiger partial charge in [-0.1, -0.05) is 6.92 Å². The van der Waals surface area contributed by atoms with Crippen LogP contribution in [0.3, 0.4) is 0 Å².